The Morgan fingerprint density at radius 2 is 2.35 bits per heavy atom. The first kappa shape index (κ1) is 11.8. The van der Waals surface area contributed by atoms with Gasteiger partial charge in [0, 0.05) is 24.4 Å². The van der Waals surface area contributed by atoms with E-state index in [4.69, 9.17) is 0 Å². The first-order valence-corrected chi connectivity index (χ1v) is 6.10. The Bertz CT molecular complexity index is 409. The van der Waals surface area contributed by atoms with E-state index in [9.17, 15) is 4.79 Å². The Morgan fingerprint density at radius 3 is 3.00 bits per heavy atom. The third-order valence-corrected chi connectivity index (χ3v) is 3.08. The standard InChI is InChI=1S/C14H18N2O/c1-11-7-8-12(9-15-11)10-16-14(17)13-5-3-2-4-6-13/h2-3,7-9,13H,4-6,10H2,1H3,(H,16,17). The van der Waals surface area contributed by atoms with Gasteiger partial charge in [-0.2, -0.15) is 0 Å². The highest BCUT2D eigenvalue weighted by Gasteiger charge is 2.17. The number of aryl methyl sites for hydroxylation is 1. The lowest BCUT2D eigenvalue weighted by atomic mass is 9.93. The number of rotatable bonds is 3. The fourth-order valence-electron chi connectivity index (χ4n) is 1.97. The van der Waals surface area contributed by atoms with Crippen LogP contribution >= 0.6 is 0 Å². The van der Waals surface area contributed by atoms with Crippen LogP contribution in [0.1, 0.15) is 30.5 Å². The minimum atomic E-state index is 0.151. The van der Waals surface area contributed by atoms with Gasteiger partial charge in [0.15, 0.2) is 0 Å². The molecule has 1 amide bonds. The second kappa shape index (κ2) is 5.62. The van der Waals surface area contributed by atoms with Crippen molar-refractivity contribution in [3.8, 4) is 0 Å². The monoisotopic (exact) mass is 230 g/mol. The predicted octanol–water partition coefficient (Wildman–Crippen LogP) is 2.36. The molecule has 0 spiro atoms. The van der Waals surface area contributed by atoms with Crippen LogP contribution < -0.4 is 5.32 Å². The molecular formula is C14H18N2O. The van der Waals surface area contributed by atoms with Crippen LogP contribution in [-0.4, -0.2) is 10.9 Å². The Balaban J connectivity index is 1.83. The van der Waals surface area contributed by atoms with Gasteiger partial charge in [-0.05, 0) is 37.8 Å². The summed E-state index contributed by atoms with van der Waals surface area (Å²) in [6.07, 6.45) is 8.92. The summed E-state index contributed by atoms with van der Waals surface area (Å²) in [7, 11) is 0. The number of nitrogens with one attached hydrogen (secondary N) is 1. The minimum Gasteiger partial charge on any atom is -0.352 e. The summed E-state index contributed by atoms with van der Waals surface area (Å²) >= 11 is 0. The van der Waals surface area contributed by atoms with E-state index in [1.165, 1.54) is 0 Å². The molecule has 0 bridgehead atoms. The SMILES string of the molecule is Cc1ccc(CNC(=O)C2CC=CCC2)cn1. The fourth-order valence-corrected chi connectivity index (χ4v) is 1.97. The van der Waals surface area contributed by atoms with Crippen LogP contribution in [0.25, 0.3) is 0 Å². The molecule has 1 aliphatic carbocycles. The van der Waals surface area contributed by atoms with E-state index in [-0.39, 0.29) is 11.8 Å². The summed E-state index contributed by atoms with van der Waals surface area (Å²) in [5.74, 6) is 0.313. The topological polar surface area (TPSA) is 42.0 Å². The van der Waals surface area contributed by atoms with Crippen molar-refractivity contribution >= 4 is 5.91 Å². The van der Waals surface area contributed by atoms with Crippen molar-refractivity contribution in [1.29, 1.82) is 0 Å². The normalized spacial score (nSPS) is 19.0. The number of allylic oxidation sites excluding steroid dienone is 2. The molecule has 90 valence electrons. The van der Waals surface area contributed by atoms with Crippen LogP contribution in [0.5, 0.6) is 0 Å². The summed E-state index contributed by atoms with van der Waals surface area (Å²) in [5.41, 5.74) is 2.05. The summed E-state index contributed by atoms with van der Waals surface area (Å²) in [6, 6.07) is 3.97. The van der Waals surface area contributed by atoms with Gasteiger partial charge in [0.25, 0.3) is 0 Å². The highest BCUT2D eigenvalue weighted by molar-refractivity contribution is 5.78. The second-order valence-electron chi connectivity index (χ2n) is 4.51. The number of carbonyl (C=O) groups is 1. The number of nitrogens with zero attached hydrogens (tertiary/aromatic N) is 1. The van der Waals surface area contributed by atoms with Crippen LogP contribution in [0.15, 0.2) is 30.5 Å². The summed E-state index contributed by atoms with van der Waals surface area (Å²) in [4.78, 5) is 16.1. The van der Waals surface area contributed by atoms with Gasteiger partial charge in [0.1, 0.15) is 0 Å². The molecule has 0 saturated carbocycles. The minimum absolute atomic E-state index is 0.151. The molecule has 1 heterocycles. The van der Waals surface area contributed by atoms with Gasteiger partial charge in [-0.1, -0.05) is 18.2 Å². The Morgan fingerprint density at radius 1 is 1.47 bits per heavy atom. The number of carbonyl (C=O) groups excluding carboxylic acids is 1. The zero-order chi connectivity index (χ0) is 12.1. The fraction of sp³-hybridized carbons (Fsp3) is 0.429. The van der Waals surface area contributed by atoms with E-state index in [0.717, 1.165) is 30.5 Å². The molecule has 3 heteroatoms. The largest absolute Gasteiger partial charge is 0.352 e. The van der Waals surface area contributed by atoms with Crippen molar-refractivity contribution in [1.82, 2.24) is 10.3 Å². The van der Waals surface area contributed by atoms with Gasteiger partial charge < -0.3 is 5.32 Å². The van der Waals surface area contributed by atoms with E-state index >= 15 is 0 Å². The van der Waals surface area contributed by atoms with Crippen molar-refractivity contribution < 1.29 is 4.79 Å². The highest BCUT2D eigenvalue weighted by Crippen LogP contribution is 2.18. The number of pyridine rings is 1. The predicted molar refractivity (Wildman–Crippen MR) is 67.3 cm³/mol. The Kier molecular flexibility index (Phi) is 3.91. The first-order chi connectivity index (χ1) is 8.25. The van der Waals surface area contributed by atoms with Crippen molar-refractivity contribution in [2.24, 2.45) is 5.92 Å². The zero-order valence-corrected chi connectivity index (χ0v) is 10.1. The van der Waals surface area contributed by atoms with Crippen LogP contribution in [0, 0.1) is 12.8 Å². The van der Waals surface area contributed by atoms with Crippen LogP contribution in [0.3, 0.4) is 0 Å². The van der Waals surface area contributed by atoms with Gasteiger partial charge in [-0.25, -0.2) is 0 Å². The van der Waals surface area contributed by atoms with E-state index in [0.29, 0.717) is 6.54 Å². The first-order valence-electron chi connectivity index (χ1n) is 6.10. The maximum absolute atomic E-state index is 11.9. The van der Waals surface area contributed by atoms with E-state index in [1.54, 1.807) is 0 Å². The number of aromatic nitrogens is 1. The molecule has 1 N–H and O–H groups in total. The smallest absolute Gasteiger partial charge is 0.223 e. The molecule has 1 aromatic rings. The maximum Gasteiger partial charge on any atom is 0.223 e. The van der Waals surface area contributed by atoms with Crippen molar-refractivity contribution in [2.45, 2.75) is 32.7 Å². The van der Waals surface area contributed by atoms with Gasteiger partial charge >= 0.3 is 0 Å². The maximum atomic E-state index is 11.9. The van der Waals surface area contributed by atoms with Crippen LogP contribution in [-0.2, 0) is 11.3 Å². The lowest BCUT2D eigenvalue weighted by Crippen LogP contribution is -2.30. The van der Waals surface area contributed by atoms with Crippen LogP contribution in [0.4, 0.5) is 0 Å². The molecule has 0 fully saturated rings. The Hall–Kier alpha value is -1.64. The molecule has 3 nitrogen and oxygen atoms in total. The molecule has 2 rings (SSSR count). The van der Waals surface area contributed by atoms with Crippen molar-refractivity contribution in [3.63, 3.8) is 0 Å². The quantitative estimate of drug-likeness (QED) is 0.810. The average molecular weight is 230 g/mol. The van der Waals surface area contributed by atoms with E-state index < -0.39 is 0 Å². The van der Waals surface area contributed by atoms with E-state index in [2.05, 4.69) is 22.5 Å². The van der Waals surface area contributed by atoms with Gasteiger partial charge in [-0.3, -0.25) is 9.78 Å². The number of hydrogen-bond donors (Lipinski definition) is 1. The average Bonchev–Trinajstić information content (AvgIpc) is 2.39. The molecule has 0 radical (unpaired) electrons. The van der Waals surface area contributed by atoms with Gasteiger partial charge in [-0.15, -0.1) is 0 Å². The zero-order valence-electron chi connectivity index (χ0n) is 10.1. The molecule has 1 atom stereocenters. The second-order valence-corrected chi connectivity index (χ2v) is 4.51. The third kappa shape index (κ3) is 3.41. The molecule has 17 heavy (non-hydrogen) atoms. The van der Waals surface area contributed by atoms with E-state index in [1.807, 2.05) is 25.3 Å². The lowest BCUT2D eigenvalue weighted by molar-refractivity contribution is -0.125. The lowest BCUT2D eigenvalue weighted by Gasteiger charge is -2.17. The Labute approximate surface area is 102 Å². The van der Waals surface area contributed by atoms with Crippen LogP contribution in [0.2, 0.25) is 0 Å². The van der Waals surface area contributed by atoms with Gasteiger partial charge in [0.05, 0.1) is 0 Å². The molecule has 0 aromatic carbocycles. The summed E-state index contributed by atoms with van der Waals surface area (Å²) in [6.45, 7) is 2.53. The van der Waals surface area contributed by atoms with Gasteiger partial charge in [0.2, 0.25) is 5.91 Å². The molecule has 0 saturated heterocycles. The van der Waals surface area contributed by atoms with Crippen molar-refractivity contribution in [2.75, 3.05) is 0 Å². The summed E-state index contributed by atoms with van der Waals surface area (Å²) in [5, 5.41) is 2.98. The number of amides is 1. The highest BCUT2D eigenvalue weighted by atomic mass is 16.1. The van der Waals surface area contributed by atoms with Crippen molar-refractivity contribution in [3.05, 3.63) is 41.7 Å². The summed E-state index contributed by atoms with van der Waals surface area (Å²) < 4.78 is 0. The third-order valence-electron chi connectivity index (χ3n) is 3.08. The molecular weight excluding hydrogens is 212 g/mol. The molecule has 1 aromatic heterocycles. The molecule has 1 aliphatic rings. The molecule has 1 unspecified atom stereocenters. The number of hydrogen-bond acceptors (Lipinski definition) is 2. The molecule has 0 aliphatic heterocycles.